The van der Waals surface area contributed by atoms with Crippen LogP contribution >= 0.6 is 11.3 Å². The van der Waals surface area contributed by atoms with E-state index in [1.165, 1.54) is 10.4 Å². The molecule has 1 atom stereocenters. The van der Waals surface area contributed by atoms with Gasteiger partial charge in [-0.15, -0.1) is 11.3 Å². The zero-order valence-corrected chi connectivity index (χ0v) is 11.9. The highest BCUT2D eigenvalue weighted by atomic mass is 32.1. The van der Waals surface area contributed by atoms with Crippen molar-refractivity contribution in [3.8, 4) is 0 Å². The summed E-state index contributed by atoms with van der Waals surface area (Å²) in [4.78, 5) is 10.1. The highest BCUT2D eigenvalue weighted by Gasteiger charge is 2.13. The molecular formula is C14H19N3S. The first-order valence-electron chi connectivity index (χ1n) is 6.26. The molecule has 0 aliphatic rings. The molecule has 1 N–H and O–H groups in total. The van der Waals surface area contributed by atoms with Gasteiger partial charge in [0, 0.05) is 35.4 Å². The normalized spacial score (nSPS) is 12.6. The van der Waals surface area contributed by atoms with E-state index in [0.29, 0.717) is 6.04 Å². The molecule has 4 heteroatoms. The van der Waals surface area contributed by atoms with Gasteiger partial charge in [0.2, 0.25) is 0 Å². The summed E-state index contributed by atoms with van der Waals surface area (Å²) >= 11 is 1.75. The SMILES string of the molecule is CCc1ccc(CC(NC)c2cnc(C)s2)nc1. The number of thiazole rings is 1. The van der Waals surface area contributed by atoms with Gasteiger partial charge >= 0.3 is 0 Å². The van der Waals surface area contributed by atoms with Crippen LogP contribution in [0.15, 0.2) is 24.5 Å². The van der Waals surface area contributed by atoms with E-state index in [4.69, 9.17) is 0 Å². The lowest BCUT2D eigenvalue weighted by Crippen LogP contribution is -2.18. The van der Waals surface area contributed by atoms with E-state index in [0.717, 1.165) is 23.5 Å². The maximum Gasteiger partial charge on any atom is 0.0897 e. The van der Waals surface area contributed by atoms with E-state index in [1.54, 1.807) is 11.3 Å². The predicted octanol–water partition coefficient (Wildman–Crippen LogP) is 2.91. The average Bonchev–Trinajstić information content (AvgIpc) is 2.83. The Morgan fingerprint density at radius 3 is 2.61 bits per heavy atom. The smallest absolute Gasteiger partial charge is 0.0897 e. The molecule has 0 saturated heterocycles. The standard InChI is InChI=1S/C14H19N3S/c1-4-11-5-6-12(17-8-11)7-13(15-3)14-9-16-10(2)18-14/h5-6,8-9,13,15H,4,7H2,1-3H3. The second kappa shape index (κ2) is 6.07. The summed E-state index contributed by atoms with van der Waals surface area (Å²) in [6.45, 7) is 4.18. The molecule has 96 valence electrons. The lowest BCUT2D eigenvalue weighted by Gasteiger charge is -2.13. The van der Waals surface area contributed by atoms with Crippen LogP contribution in [0.2, 0.25) is 0 Å². The van der Waals surface area contributed by atoms with Gasteiger partial charge in [-0.3, -0.25) is 4.98 Å². The number of aromatic nitrogens is 2. The van der Waals surface area contributed by atoms with Gasteiger partial charge in [-0.25, -0.2) is 4.98 Å². The molecule has 1 unspecified atom stereocenters. The third-order valence-corrected chi connectivity index (χ3v) is 4.07. The third kappa shape index (κ3) is 3.15. The van der Waals surface area contributed by atoms with Gasteiger partial charge in [0.25, 0.3) is 0 Å². The molecule has 0 bridgehead atoms. The van der Waals surface area contributed by atoms with Gasteiger partial charge in [0.15, 0.2) is 0 Å². The fraction of sp³-hybridized carbons (Fsp3) is 0.429. The lowest BCUT2D eigenvalue weighted by molar-refractivity contribution is 0.593. The van der Waals surface area contributed by atoms with E-state index in [9.17, 15) is 0 Å². The van der Waals surface area contributed by atoms with Crippen molar-refractivity contribution in [3.05, 3.63) is 45.7 Å². The van der Waals surface area contributed by atoms with Crippen LogP contribution in [0.3, 0.4) is 0 Å². The monoisotopic (exact) mass is 261 g/mol. The van der Waals surface area contributed by atoms with Gasteiger partial charge in [-0.1, -0.05) is 13.0 Å². The van der Waals surface area contributed by atoms with Crippen molar-refractivity contribution in [1.29, 1.82) is 0 Å². The van der Waals surface area contributed by atoms with Crippen LogP contribution in [0.5, 0.6) is 0 Å². The molecule has 2 heterocycles. The average molecular weight is 261 g/mol. The van der Waals surface area contributed by atoms with Crippen LogP contribution in [0.25, 0.3) is 0 Å². The zero-order chi connectivity index (χ0) is 13.0. The fourth-order valence-corrected chi connectivity index (χ4v) is 2.77. The van der Waals surface area contributed by atoms with Gasteiger partial charge in [0.05, 0.1) is 5.01 Å². The van der Waals surface area contributed by atoms with Gasteiger partial charge in [0.1, 0.15) is 0 Å². The van der Waals surface area contributed by atoms with Crippen molar-refractivity contribution in [3.63, 3.8) is 0 Å². The Morgan fingerprint density at radius 1 is 1.28 bits per heavy atom. The summed E-state index contributed by atoms with van der Waals surface area (Å²) in [5, 5.41) is 4.45. The molecule has 2 rings (SSSR count). The Bertz CT molecular complexity index is 490. The Labute approximate surface area is 112 Å². The van der Waals surface area contributed by atoms with Crippen molar-refractivity contribution in [2.75, 3.05) is 7.05 Å². The summed E-state index contributed by atoms with van der Waals surface area (Å²) in [7, 11) is 1.99. The van der Waals surface area contributed by atoms with E-state index < -0.39 is 0 Å². The largest absolute Gasteiger partial charge is 0.312 e. The maximum atomic E-state index is 4.51. The molecular weight excluding hydrogens is 242 g/mol. The second-order valence-electron chi connectivity index (χ2n) is 4.34. The number of hydrogen-bond donors (Lipinski definition) is 1. The molecule has 2 aromatic heterocycles. The van der Waals surface area contributed by atoms with E-state index >= 15 is 0 Å². The van der Waals surface area contributed by atoms with E-state index in [-0.39, 0.29) is 0 Å². The minimum atomic E-state index is 0.302. The van der Waals surface area contributed by atoms with Gasteiger partial charge in [-0.05, 0) is 32.0 Å². The number of rotatable bonds is 5. The highest BCUT2D eigenvalue weighted by Crippen LogP contribution is 2.23. The van der Waals surface area contributed by atoms with Crippen molar-refractivity contribution >= 4 is 11.3 Å². The first-order valence-corrected chi connectivity index (χ1v) is 7.08. The summed E-state index contributed by atoms with van der Waals surface area (Å²) in [5.41, 5.74) is 2.41. The molecule has 0 spiro atoms. The van der Waals surface area contributed by atoms with Crippen molar-refractivity contribution in [1.82, 2.24) is 15.3 Å². The fourth-order valence-electron chi connectivity index (χ4n) is 1.88. The molecule has 0 fully saturated rings. The highest BCUT2D eigenvalue weighted by molar-refractivity contribution is 7.11. The van der Waals surface area contributed by atoms with Gasteiger partial charge < -0.3 is 5.32 Å². The molecule has 0 amide bonds. The van der Waals surface area contributed by atoms with Gasteiger partial charge in [-0.2, -0.15) is 0 Å². The number of nitrogens with one attached hydrogen (secondary N) is 1. The van der Waals surface area contributed by atoms with Crippen LogP contribution in [0.1, 0.15) is 34.1 Å². The number of likely N-dealkylation sites (N-methyl/N-ethyl adjacent to an activating group) is 1. The van der Waals surface area contributed by atoms with Crippen molar-refractivity contribution in [2.45, 2.75) is 32.7 Å². The maximum absolute atomic E-state index is 4.51. The van der Waals surface area contributed by atoms with Crippen LogP contribution in [-0.4, -0.2) is 17.0 Å². The minimum absolute atomic E-state index is 0.302. The Hall–Kier alpha value is -1.26. The number of nitrogens with zero attached hydrogens (tertiary/aromatic N) is 2. The molecule has 3 nitrogen and oxygen atoms in total. The second-order valence-corrected chi connectivity index (χ2v) is 5.60. The number of pyridine rings is 1. The molecule has 18 heavy (non-hydrogen) atoms. The molecule has 0 aliphatic carbocycles. The summed E-state index contributed by atoms with van der Waals surface area (Å²) < 4.78 is 0. The van der Waals surface area contributed by atoms with Crippen molar-refractivity contribution < 1.29 is 0 Å². The van der Waals surface area contributed by atoms with Crippen LogP contribution in [0.4, 0.5) is 0 Å². The first-order chi connectivity index (χ1) is 8.72. The third-order valence-electron chi connectivity index (χ3n) is 3.04. The molecule has 0 radical (unpaired) electrons. The zero-order valence-electron chi connectivity index (χ0n) is 11.1. The Morgan fingerprint density at radius 2 is 2.11 bits per heavy atom. The molecule has 0 saturated carbocycles. The summed E-state index contributed by atoms with van der Waals surface area (Å²) in [6, 6.07) is 4.58. The topological polar surface area (TPSA) is 37.8 Å². The molecule has 2 aromatic rings. The van der Waals surface area contributed by atoms with Crippen LogP contribution in [0, 0.1) is 6.92 Å². The van der Waals surface area contributed by atoms with Crippen LogP contribution in [-0.2, 0) is 12.8 Å². The molecule has 0 aliphatic heterocycles. The quantitative estimate of drug-likeness (QED) is 0.899. The number of hydrogen-bond acceptors (Lipinski definition) is 4. The Kier molecular flexibility index (Phi) is 4.44. The summed E-state index contributed by atoms with van der Waals surface area (Å²) in [5.74, 6) is 0. The van der Waals surface area contributed by atoms with Crippen molar-refractivity contribution in [2.24, 2.45) is 0 Å². The summed E-state index contributed by atoms with van der Waals surface area (Å²) in [6.07, 6.45) is 5.88. The Balaban J connectivity index is 2.10. The number of aryl methyl sites for hydroxylation is 2. The first kappa shape index (κ1) is 13.2. The van der Waals surface area contributed by atoms with E-state index in [1.807, 2.05) is 26.4 Å². The molecule has 0 aromatic carbocycles. The predicted molar refractivity (Wildman–Crippen MR) is 76.0 cm³/mol. The lowest BCUT2D eigenvalue weighted by atomic mass is 10.1. The minimum Gasteiger partial charge on any atom is -0.312 e. The van der Waals surface area contributed by atoms with E-state index in [2.05, 4.69) is 34.3 Å². The van der Waals surface area contributed by atoms with Crippen LogP contribution < -0.4 is 5.32 Å².